The number of unbranched alkanes of at least 4 members (excludes halogenated alkanes) is 11. The summed E-state index contributed by atoms with van der Waals surface area (Å²) in [4.78, 5) is 33.9. The fraction of sp³-hybridized carbons (Fsp3) is 0.516. The van der Waals surface area contributed by atoms with Gasteiger partial charge in [-0.1, -0.05) is 144 Å². The van der Waals surface area contributed by atoms with Crippen LogP contribution in [0.5, 0.6) is 17.2 Å². The molecule has 75 heavy (non-hydrogen) atoms. The maximum atomic E-state index is 14.8. The standard InChI is InChI=1S/C62H81N3O10/c1-4-7-8-9-10-11-12-13-14-22-41-71-61(68)64(37-5-2)58-44-56(63-73-45-46-27-31-50(32-28-46)65(69)70)54-42-49(25-18-20-38-66)53(26-19-21-39-67)59-55-43-52(35-36-57(55)75-62(58,60(54)59)72-40-6-3)74-51-33-29-48(30-34-51)47-23-16-15-17-24-47/h6,15-17,23-24,27-36,42-43,49,53,58-60,66-67H,3-5,7-14,18-22,25-26,37-41,44-45H2,1-2H3. The quantitative estimate of drug-likeness (QED) is 0.0208. The van der Waals surface area contributed by atoms with E-state index in [1.54, 1.807) is 23.1 Å². The Morgan fingerprint density at radius 3 is 2.15 bits per heavy atom. The molecular weight excluding hydrogens is 947 g/mol. The second-order valence-corrected chi connectivity index (χ2v) is 20.5. The Labute approximate surface area is 445 Å². The van der Waals surface area contributed by atoms with Crippen molar-refractivity contribution in [1.29, 1.82) is 0 Å². The summed E-state index contributed by atoms with van der Waals surface area (Å²) in [5, 5.41) is 36.6. The lowest BCUT2D eigenvalue weighted by atomic mass is 9.55. The molecule has 0 saturated heterocycles. The van der Waals surface area contributed by atoms with Crippen LogP contribution in [-0.4, -0.2) is 76.6 Å². The SMILES string of the molecule is C=CCOC12Oc3ccc(Oc4ccc(-c5ccccc5)cc4)cc3C3C(CCCCO)C(CCCCO)C=C(C(=NOCc4ccc([N+](=O)[O-])cc4)CC1N(CCC)C(=O)OCCCCCCCCCCCC)C32. The minimum atomic E-state index is -1.44. The van der Waals surface area contributed by atoms with Crippen LogP contribution in [0.15, 0.2) is 127 Å². The highest BCUT2D eigenvalue weighted by molar-refractivity contribution is 6.03. The zero-order valence-electron chi connectivity index (χ0n) is 44.5. The molecule has 13 nitrogen and oxygen atoms in total. The van der Waals surface area contributed by atoms with Crippen molar-refractivity contribution in [3.05, 3.63) is 143 Å². The Morgan fingerprint density at radius 2 is 1.48 bits per heavy atom. The van der Waals surface area contributed by atoms with E-state index in [-0.39, 0.29) is 56.3 Å². The number of hydrogen-bond acceptors (Lipinski definition) is 11. The molecule has 4 aromatic rings. The van der Waals surface area contributed by atoms with Crippen molar-refractivity contribution in [1.82, 2.24) is 4.90 Å². The van der Waals surface area contributed by atoms with Gasteiger partial charge in [-0.25, -0.2) is 4.79 Å². The topological polar surface area (TPSA) is 162 Å². The van der Waals surface area contributed by atoms with Gasteiger partial charge >= 0.3 is 6.09 Å². The molecule has 1 heterocycles. The number of fused-ring (bicyclic) bond motifs is 2. The average molecular weight is 1030 g/mol. The molecule has 1 saturated carbocycles. The third kappa shape index (κ3) is 14.9. The second kappa shape index (κ2) is 29.3. The van der Waals surface area contributed by atoms with E-state index in [1.807, 2.05) is 49.4 Å². The fourth-order valence-corrected chi connectivity index (χ4v) is 11.5. The zero-order chi connectivity index (χ0) is 52.8. The van der Waals surface area contributed by atoms with Crippen LogP contribution in [0.3, 0.4) is 0 Å². The first-order valence-electron chi connectivity index (χ1n) is 28.0. The van der Waals surface area contributed by atoms with E-state index < -0.39 is 28.8 Å². The van der Waals surface area contributed by atoms with E-state index in [9.17, 15) is 25.1 Å². The van der Waals surface area contributed by atoms with Gasteiger partial charge in [-0.05, 0) is 115 Å². The van der Waals surface area contributed by atoms with Crippen molar-refractivity contribution >= 4 is 17.5 Å². The van der Waals surface area contributed by atoms with Gasteiger partial charge in [0.2, 0.25) is 5.79 Å². The van der Waals surface area contributed by atoms with Crippen LogP contribution in [0, 0.1) is 27.9 Å². The fourth-order valence-electron chi connectivity index (χ4n) is 11.5. The number of rotatable bonds is 32. The van der Waals surface area contributed by atoms with Crippen LogP contribution in [-0.2, 0) is 20.9 Å². The van der Waals surface area contributed by atoms with Crippen LogP contribution in [0.2, 0.25) is 0 Å². The first kappa shape index (κ1) is 56.7. The number of nitro benzene ring substituents is 1. The number of aliphatic hydroxyl groups is 2. The van der Waals surface area contributed by atoms with Crippen LogP contribution in [0.4, 0.5) is 10.5 Å². The molecule has 7 rings (SSSR count). The number of amides is 1. The smallest absolute Gasteiger partial charge is 0.410 e. The summed E-state index contributed by atoms with van der Waals surface area (Å²) in [7, 11) is 0. The molecule has 2 N–H and O–H groups in total. The third-order valence-electron chi connectivity index (χ3n) is 15.2. The lowest BCUT2D eigenvalue weighted by Gasteiger charge is -2.59. The largest absolute Gasteiger partial charge is 0.459 e. The zero-order valence-corrected chi connectivity index (χ0v) is 44.5. The Bertz CT molecular complexity index is 2460. The number of non-ortho nitro benzene ring substituents is 1. The molecule has 2 aliphatic carbocycles. The van der Waals surface area contributed by atoms with Crippen LogP contribution < -0.4 is 9.47 Å². The summed E-state index contributed by atoms with van der Waals surface area (Å²) in [5.41, 5.74) is 5.39. The van der Waals surface area contributed by atoms with Crippen LogP contribution >= 0.6 is 0 Å². The van der Waals surface area contributed by atoms with Gasteiger partial charge in [0.1, 0.15) is 29.9 Å². The molecule has 1 fully saturated rings. The van der Waals surface area contributed by atoms with Gasteiger partial charge in [0, 0.05) is 49.8 Å². The van der Waals surface area contributed by atoms with E-state index in [0.717, 1.165) is 67.2 Å². The number of benzene rings is 4. The number of carbonyl (C=O) groups excluding carboxylic acids is 1. The number of oxime groups is 1. The van der Waals surface area contributed by atoms with Crippen LogP contribution in [0.25, 0.3) is 11.1 Å². The number of carbonyl (C=O) groups is 1. The van der Waals surface area contributed by atoms with E-state index in [0.29, 0.717) is 60.9 Å². The molecule has 404 valence electrons. The maximum absolute atomic E-state index is 14.8. The molecule has 3 aliphatic rings. The van der Waals surface area contributed by atoms with Gasteiger partial charge in [0.05, 0.1) is 29.8 Å². The van der Waals surface area contributed by atoms with Crippen molar-refractivity contribution in [3.8, 4) is 28.4 Å². The molecule has 0 bridgehead atoms. The average Bonchev–Trinajstić information content (AvgIpc) is 3.44. The highest BCUT2D eigenvalue weighted by atomic mass is 16.7. The lowest BCUT2D eigenvalue weighted by Crippen LogP contribution is -2.70. The number of nitro groups is 1. The summed E-state index contributed by atoms with van der Waals surface area (Å²) in [5.74, 6) is -0.221. The molecule has 1 amide bonds. The number of nitrogens with zero attached hydrogens (tertiary/aromatic N) is 3. The minimum absolute atomic E-state index is 0.0154. The number of allylic oxidation sites excluding steroid dienone is 1. The Kier molecular flexibility index (Phi) is 22.2. The Morgan fingerprint density at radius 1 is 0.813 bits per heavy atom. The summed E-state index contributed by atoms with van der Waals surface area (Å²) in [6, 6.07) is 29.8. The molecule has 4 aromatic carbocycles. The molecule has 6 atom stereocenters. The molecule has 0 spiro atoms. The molecular formula is C62H81N3O10. The first-order chi connectivity index (χ1) is 36.7. The van der Waals surface area contributed by atoms with Gasteiger partial charge in [0.25, 0.3) is 5.69 Å². The van der Waals surface area contributed by atoms with Gasteiger partial charge in [-0.15, -0.1) is 6.58 Å². The Balaban J connectivity index is 1.29. The van der Waals surface area contributed by atoms with Crippen molar-refractivity contribution in [2.24, 2.45) is 22.9 Å². The maximum Gasteiger partial charge on any atom is 0.410 e. The van der Waals surface area contributed by atoms with Crippen molar-refractivity contribution in [3.63, 3.8) is 0 Å². The number of ether oxygens (including phenoxy) is 4. The van der Waals surface area contributed by atoms with Crippen molar-refractivity contribution in [2.45, 2.75) is 154 Å². The summed E-state index contributed by atoms with van der Waals surface area (Å²) < 4.78 is 27.5. The van der Waals surface area contributed by atoms with Gasteiger partial charge in [-0.3, -0.25) is 15.0 Å². The lowest BCUT2D eigenvalue weighted by molar-refractivity contribution is -0.384. The van der Waals surface area contributed by atoms with Crippen molar-refractivity contribution in [2.75, 3.05) is 33.0 Å². The minimum Gasteiger partial charge on any atom is -0.459 e. The van der Waals surface area contributed by atoms with E-state index in [4.69, 9.17) is 28.9 Å². The molecule has 6 unspecified atom stereocenters. The van der Waals surface area contributed by atoms with E-state index in [1.165, 1.54) is 57.1 Å². The van der Waals surface area contributed by atoms with Crippen LogP contribution in [0.1, 0.15) is 146 Å². The molecule has 0 radical (unpaired) electrons. The van der Waals surface area contributed by atoms with E-state index >= 15 is 0 Å². The highest BCUT2D eigenvalue weighted by Gasteiger charge is 2.65. The van der Waals surface area contributed by atoms with Crippen molar-refractivity contribution < 1.29 is 43.7 Å². The normalized spacial score (nSPS) is 21.0. The van der Waals surface area contributed by atoms with Gasteiger partial charge in [-0.2, -0.15) is 0 Å². The monoisotopic (exact) mass is 1030 g/mol. The van der Waals surface area contributed by atoms with E-state index in [2.05, 4.69) is 49.9 Å². The Hall–Kier alpha value is -6.02. The highest BCUT2D eigenvalue weighted by Crippen LogP contribution is 2.62. The van der Waals surface area contributed by atoms with Gasteiger partial charge in [0.15, 0.2) is 0 Å². The summed E-state index contributed by atoms with van der Waals surface area (Å²) >= 11 is 0. The summed E-state index contributed by atoms with van der Waals surface area (Å²) in [6.07, 6.45) is 20.6. The second-order valence-electron chi connectivity index (χ2n) is 20.5. The predicted octanol–water partition coefficient (Wildman–Crippen LogP) is 14.7. The molecule has 1 aliphatic heterocycles. The number of hydrogen-bond donors (Lipinski definition) is 2. The molecule has 13 heteroatoms. The molecule has 0 aromatic heterocycles. The first-order valence-corrected chi connectivity index (χ1v) is 28.0. The number of aliphatic hydroxyl groups excluding tert-OH is 2. The third-order valence-corrected chi connectivity index (χ3v) is 15.2. The summed E-state index contributed by atoms with van der Waals surface area (Å²) in [6.45, 7) is 9.37. The van der Waals surface area contributed by atoms with Gasteiger partial charge < -0.3 is 34.0 Å². The predicted molar refractivity (Wildman–Crippen MR) is 295 cm³/mol.